The second-order valence-corrected chi connectivity index (χ2v) is 4.67. The van der Waals surface area contributed by atoms with E-state index in [1.54, 1.807) is 0 Å². The molecular formula is C11H21F3N2. The molecule has 16 heavy (non-hydrogen) atoms. The van der Waals surface area contributed by atoms with Gasteiger partial charge in [-0.1, -0.05) is 12.8 Å². The van der Waals surface area contributed by atoms with Gasteiger partial charge in [-0.25, -0.2) is 0 Å². The molecule has 2 atom stereocenters. The van der Waals surface area contributed by atoms with E-state index in [0.717, 1.165) is 32.2 Å². The molecule has 0 aromatic carbocycles. The lowest BCUT2D eigenvalue weighted by molar-refractivity contribution is -0.177. The summed E-state index contributed by atoms with van der Waals surface area (Å²) in [6.45, 7) is 2.52. The molecule has 1 heterocycles. The number of nitrogens with two attached hydrogens (primary N) is 1. The number of hydrogen-bond donors (Lipinski definition) is 1. The second-order valence-electron chi connectivity index (χ2n) is 4.67. The summed E-state index contributed by atoms with van der Waals surface area (Å²) in [5.41, 5.74) is 5.21. The van der Waals surface area contributed by atoms with Crippen molar-refractivity contribution in [2.45, 2.75) is 44.8 Å². The molecular weight excluding hydrogens is 217 g/mol. The van der Waals surface area contributed by atoms with Gasteiger partial charge in [0.2, 0.25) is 0 Å². The summed E-state index contributed by atoms with van der Waals surface area (Å²) in [4.78, 5) is 1.94. The molecule has 0 radical (unpaired) electrons. The average molecular weight is 238 g/mol. The van der Waals surface area contributed by atoms with E-state index in [1.165, 1.54) is 0 Å². The first-order valence-corrected chi connectivity index (χ1v) is 5.96. The Hall–Kier alpha value is -0.290. The van der Waals surface area contributed by atoms with E-state index in [1.807, 2.05) is 11.8 Å². The van der Waals surface area contributed by atoms with E-state index in [0.29, 0.717) is 0 Å². The first-order valence-electron chi connectivity index (χ1n) is 5.96. The van der Waals surface area contributed by atoms with Gasteiger partial charge >= 0.3 is 6.18 Å². The van der Waals surface area contributed by atoms with Gasteiger partial charge in [-0.2, -0.15) is 13.2 Å². The van der Waals surface area contributed by atoms with Gasteiger partial charge in [0.05, 0.1) is 5.92 Å². The minimum atomic E-state index is -4.17. The predicted molar refractivity (Wildman–Crippen MR) is 58.1 cm³/mol. The summed E-state index contributed by atoms with van der Waals surface area (Å²) in [5.74, 6) is -1.38. The van der Waals surface area contributed by atoms with Crippen molar-refractivity contribution in [2.24, 2.45) is 11.7 Å². The fourth-order valence-electron chi connectivity index (χ4n) is 2.20. The van der Waals surface area contributed by atoms with Crippen LogP contribution in [0.3, 0.4) is 0 Å². The van der Waals surface area contributed by atoms with Gasteiger partial charge in [-0.05, 0) is 26.3 Å². The highest BCUT2D eigenvalue weighted by Crippen LogP contribution is 2.28. The van der Waals surface area contributed by atoms with Crippen LogP contribution in [0, 0.1) is 5.92 Å². The fourth-order valence-corrected chi connectivity index (χ4v) is 2.20. The summed E-state index contributed by atoms with van der Waals surface area (Å²) < 4.78 is 37.8. The van der Waals surface area contributed by atoms with Gasteiger partial charge < -0.3 is 5.73 Å². The summed E-state index contributed by atoms with van der Waals surface area (Å²) in [6.07, 6.45) is 0.0759. The van der Waals surface area contributed by atoms with Gasteiger partial charge in [0.1, 0.15) is 0 Å². The molecule has 5 heteroatoms. The summed E-state index contributed by atoms with van der Waals surface area (Å²) in [7, 11) is 0. The first kappa shape index (κ1) is 13.8. The van der Waals surface area contributed by atoms with Crippen LogP contribution in [0.5, 0.6) is 0 Å². The largest absolute Gasteiger partial charge is 0.394 e. The highest BCUT2D eigenvalue weighted by molar-refractivity contribution is 4.78. The molecule has 0 aliphatic carbocycles. The van der Waals surface area contributed by atoms with E-state index in [-0.39, 0.29) is 19.1 Å². The Kier molecular flexibility index (Phi) is 5.05. The molecule has 0 saturated carbocycles. The number of halogens is 3. The molecule has 2 N–H and O–H groups in total. The molecule has 2 unspecified atom stereocenters. The molecule has 1 fully saturated rings. The first-order chi connectivity index (χ1) is 7.45. The van der Waals surface area contributed by atoms with E-state index < -0.39 is 12.1 Å². The quantitative estimate of drug-likeness (QED) is 0.818. The van der Waals surface area contributed by atoms with Crippen molar-refractivity contribution >= 4 is 0 Å². The standard InChI is InChI=1S/C11H21F3N2/c1-9-5-3-2-4-6-16(9)8-10(7-15)11(12,13)14/h9-10H,2-8,15H2,1H3. The number of nitrogens with zero attached hydrogens (tertiary/aromatic N) is 1. The van der Waals surface area contributed by atoms with Crippen LogP contribution in [0.25, 0.3) is 0 Å². The van der Waals surface area contributed by atoms with Gasteiger partial charge in [-0.15, -0.1) is 0 Å². The normalized spacial score (nSPS) is 26.4. The zero-order valence-corrected chi connectivity index (χ0v) is 9.76. The lowest BCUT2D eigenvalue weighted by Crippen LogP contribution is -2.44. The summed E-state index contributed by atoms with van der Waals surface area (Å²) in [5, 5.41) is 0. The van der Waals surface area contributed by atoms with Crippen molar-refractivity contribution in [3.8, 4) is 0 Å². The van der Waals surface area contributed by atoms with Gasteiger partial charge in [0, 0.05) is 19.1 Å². The molecule has 0 amide bonds. The van der Waals surface area contributed by atoms with E-state index in [9.17, 15) is 13.2 Å². The lowest BCUT2D eigenvalue weighted by Gasteiger charge is -2.31. The molecule has 0 aromatic rings. The average Bonchev–Trinajstić information content (AvgIpc) is 2.38. The molecule has 1 rings (SSSR count). The maximum absolute atomic E-state index is 12.6. The number of alkyl halides is 3. The van der Waals surface area contributed by atoms with E-state index in [2.05, 4.69) is 0 Å². The van der Waals surface area contributed by atoms with Gasteiger partial charge in [0.25, 0.3) is 0 Å². The zero-order valence-electron chi connectivity index (χ0n) is 9.76. The third-order valence-corrected chi connectivity index (χ3v) is 3.39. The molecule has 1 aliphatic heterocycles. The van der Waals surface area contributed by atoms with Crippen molar-refractivity contribution in [1.29, 1.82) is 0 Å². The number of hydrogen-bond acceptors (Lipinski definition) is 2. The van der Waals surface area contributed by atoms with E-state index >= 15 is 0 Å². The van der Waals surface area contributed by atoms with Crippen LogP contribution in [0.15, 0.2) is 0 Å². The molecule has 1 saturated heterocycles. The molecule has 0 bridgehead atoms. The SMILES string of the molecule is CC1CCCCCN1CC(CN)C(F)(F)F. The zero-order chi connectivity index (χ0) is 12.2. The van der Waals surface area contributed by atoms with Crippen LogP contribution in [0.1, 0.15) is 32.6 Å². The Morgan fingerprint density at radius 3 is 2.56 bits per heavy atom. The molecule has 0 spiro atoms. The minimum Gasteiger partial charge on any atom is -0.330 e. The monoisotopic (exact) mass is 238 g/mol. The third-order valence-electron chi connectivity index (χ3n) is 3.39. The Morgan fingerprint density at radius 2 is 2.00 bits per heavy atom. The molecule has 1 aliphatic rings. The Bertz CT molecular complexity index is 206. The molecule has 0 aromatic heterocycles. The minimum absolute atomic E-state index is 0.0567. The van der Waals surface area contributed by atoms with Crippen LogP contribution in [0.4, 0.5) is 13.2 Å². The van der Waals surface area contributed by atoms with Crippen molar-refractivity contribution in [3.05, 3.63) is 0 Å². The van der Waals surface area contributed by atoms with Crippen LogP contribution in [-0.4, -0.2) is 36.8 Å². The highest BCUT2D eigenvalue weighted by atomic mass is 19.4. The second kappa shape index (κ2) is 5.87. The maximum Gasteiger partial charge on any atom is 0.394 e. The van der Waals surface area contributed by atoms with Crippen LogP contribution < -0.4 is 5.73 Å². The number of likely N-dealkylation sites (tertiary alicyclic amines) is 1. The van der Waals surface area contributed by atoms with Crippen molar-refractivity contribution < 1.29 is 13.2 Å². The molecule has 2 nitrogen and oxygen atoms in total. The van der Waals surface area contributed by atoms with Gasteiger partial charge in [-0.3, -0.25) is 4.90 Å². The van der Waals surface area contributed by atoms with Crippen LogP contribution in [0.2, 0.25) is 0 Å². The maximum atomic E-state index is 12.6. The van der Waals surface area contributed by atoms with Gasteiger partial charge in [0.15, 0.2) is 0 Å². The fraction of sp³-hybridized carbons (Fsp3) is 1.00. The third kappa shape index (κ3) is 3.94. The van der Waals surface area contributed by atoms with Crippen molar-refractivity contribution in [1.82, 2.24) is 4.90 Å². The Balaban J connectivity index is 2.55. The van der Waals surface area contributed by atoms with E-state index in [4.69, 9.17) is 5.73 Å². The van der Waals surface area contributed by atoms with Crippen LogP contribution in [-0.2, 0) is 0 Å². The highest BCUT2D eigenvalue weighted by Gasteiger charge is 2.40. The van der Waals surface area contributed by atoms with Crippen molar-refractivity contribution in [2.75, 3.05) is 19.6 Å². The van der Waals surface area contributed by atoms with Crippen molar-refractivity contribution in [3.63, 3.8) is 0 Å². The topological polar surface area (TPSA) is 29.3 Å². The smallest absolute Gasteiger partial charge is 0.330 e. The lowest BCUT2D eigenvalue weighted by atomic mass is 10.1. The van der Waals surface area contributed by atoms with Crippen LogP contribution >= 0.6 is 0 Å². The Labute approximate surface area is 95.0 Å². The predicted octanol–water partition coefficient (Wildman–Crippen LogP) is 2.39. The number of rotatable bonds is 3. The Morgan fingerprint density at radius 1 is 1.31 bits per heavy atom. The summed E-state index contributed by atoms with van der Waals surface area (Å²) >= 11 is 0. The molecule has 96 valence electrons. The summed E-state index contributed by atoms with van der Waals surface area (Å²) in [6, 6.07) is 0.249.